The van der Waals surface area contributed by atoms with E-state index in [1.165, 1.54) is 0 Å². The standard InChI is InChI=1S/CH5N3.CH2O2.H3N/c2-1(3)4;2-1-3;/h(H5,2,3,4);1H,(H,2,3);1H3. The molecule has 0 radical (unpaired) electrons. The van der Waals surface area contributed by atoms with Gasteiger partial charge in [0.1, 0.15) is 0 Å². The molecule has 0 saturated heterocycles. The first kappa shape index (κ1) is 15.9. The second-order valence-corrected chi connectivity index (χ2v) is 0.561. The van der Waals surface area contributed by atoms with Gasteiger partial charge in [-0.3, -0.25) is 10.2 Å². The van der Waals surface area contributed by atoms with E-state index in [4.69, 9.17) is 15.3 Å². The van der Waals surface area contributed by atoms with Crippen LogP contribution in [0.5, 0.6) is 0 Å². The minimum Gasteiger partial charge on any atom is -0.483 e. The van der Waals surface area contributed by atoms with Crippen molar-refractivity contribution in [2.75, 3.05) is 0 Å². The summed E-state index contributed by atoms with van der Waals surface area (Å²) in [5, 5.41) is 12.9. The maximum absolute atomic E-state index is 8.36. The highest BCUT2D eigenvalue weighted by molar-refractivity contribution is 5.71. The van der Waals surface area contributed by atoms with Crippen LogP contribution in [0.15, 0.2) is 0 Å². The first-order valence-electron chi connectivity index (χ1n) is 1.32. The monoisotopic (exact) mass is 122 g/mol. The van der Waals surface area contributed by atoms with Crippen LogP contribution in [-0.4, -0.2) is 17.5 Å². The van der Waals surface area contributed by atoms with Crippen molar-refractivity contribution in [3.63, 3.8) is 0 Å². The minimum absolute atomic E-state index is 0. The van der Waals surface area contributed by atoms with Gasteiger partial charge in [0.2, 0.25) is 0 Å². The average molecular weight is 122 g/mol. The Bertz CT molecular complexity index is 59.1. The molecule has 0 bridgehead atoms. The molecular weight excluding hydrogens is 112 g/mol. The maximum atomic E-state index is 8.36. The van der Waals surface area contributed by atoms with Gasteiger partial charge in [-0.15, -0.1) is 0 Å². The topological polar surface area (TPSA) is 148 Å². The fourth-order valence-corrected chi connectivity index (χ4v) is 0. The summed E-state index contributed by atoms with van der Waals surface area (Å²) in [5.41, 5.74) is 8.94. The molecule has 0 fully saturated rings. The summed E-state index contributed by atoms with van der Waals surface area (Å²) in [6.07, 6.45) is 0. The number of carboxylic acid groups (broad SMARTS) is 1. The molecule has 6 nitrogen and oxygen atoms in total. The minimum atomic E-state index is -0.333. The molecule has 0 amide bonds. The van der Waals surface area contributed by atoms with E-state index in [1.807, 2.05) is 0 Å². The predicted molar refractivity (Wildman–Crippen MR) is 29.8 cm³/mol. The predicted octanol–water partition coefficient (Wildman–Crippen LogP) is -1.30. The fourth-order valence-electron chi connectivity index (χ4n) is 0. The molecule has 0 heterocycles. The van der Waals surface area contributed by atoms with Crippen molar-refractivity contribution in [3.05, 3.63) is 0 Å². The van der Waals surface area contributed by atoms with Crippen LogP contribution in [0.25, 0.3) is 0 Å². The molecule has 6 heteroatoms. The van der Waals surface area contributed by atoms with Gasteiger partial charge >= 0.3 is 0 Å². The van der Waals surface area contributed by atoms with Crippen LogP contribution in [0.1, 0.15) is 0 Å². The summed E-state index contributed by atoms with van der Waals surface area (Å²) in [6.45, 7) is -0.250. The highest BCUT2D eigenvalue weighted by atomic mass is 16.3. The third kappa shape index (κ3) is 38.1. The molecule has 8 heavy (non-hydrogen) atoms. The van der Waals surface area contributed by atoms with E-state index in [0.717, 1.165) is 0 Å². The Balaban J connectivity index is -0.0000000575. The molecule has 0 spiro atoms. The number of rotatable bonds is 0. The molecule has 0 aliphatic carbocycles. The van der Waals surface area contributed by atoms with E-state index in [9.17, 15) is 0 Å². The van der Waals surface area contributed by atoms with Crippen molar-refractivity contribution >= 4 is 12.4 Å². The SMILES string of the molecule is N.N=C(N)N.O=CO. The number of guanidine groups is 1. The molecule has 9 N–H and O–H groups in total. The van der Waals surface area contributed by atoms with Crippen LogP contribution in [0.2, 0.25) is 0 Å². The van der Waals surface area contributed by atoms with Crippen LogP contribution in [0.4, 0.5) is 0 Å². The van der Waals surface area contributed by atoms with Gasteiger partial charge in [-0.2, -0.15) is 0 Å². The third-order valence-corrected chi connectivity index (χ3v) is 0. The molecule has 0 aliphatic rings. The van der Waals surface area contributed by atoms with Gasteiger partial charge < -0.3 is 22.7 Å². The zero-order valence-corrected chi connectivity index (χ0v) is 4.29. The van der Waals surface area contributed by atoms with E-state index in [2.05, 4.69) is 11.5 Å². The zero-order valence-electron chi connectivity index (χ0n) is 4.29. The molecule has 0 aromatic carbocycles. The lowest BCUT2D eigenvalue weighted by molar-refractivity contribution is -0.122. The lowest BCUT2D eigenvalue weighted by atomic mass is 11.1. The Morgan fingerprint density at radius 3 is 1.62 bits per heavy atom. The Kier molecular flexibility index (Phi) is 34.3. The zero-order chi connectivity index (χ0) is 6.28. The Labute approximate surface area is 46.6 Å². The Morgan fingerprint density at radius 2 is 1.62 bits per heavy atom. The van der Waals surface area contributed by atoms with Crippen LogP contribution in [0.3, 0.4) is 0 Å². The summed E-state index contributed by atoms with van der Waals surface area (Å²) in [4.78, 5) is 8.36. The molecular formula is C2H10N4O2. The van der Waals surface area contributed by atoms with E-state index >= 15 is 0 Å². The van der Waals surface area contributed by atoms with Gasteiger partial charge in [0, 0.05) is 0 Å². The number of hydrogen-bond donors (Lipinski definition) is 5. The molecule has 0 unspecified atom stereocenters. The second-order valence-electron chi connectivity index (χ2n) is 0.561. The number of carbonyl (C=O) groups is 1. The number of nitrogens with one attached hydrogen (secondary N) is 1. The van der Waals surface area contributed by atoms with Crippen molar-refractivity contribution in [1.82, 2.24) is 6.15 Å². The molecule has 0 atom stereocenters. The second kappa shape index (κ2) is 17.3. The van der Waals surface area contributed by atoms with Gasteiger partial charge in [-0.05, 0) is 0 Å². The average Bonchev–Trinajstić information content (AvgIpc) is 1.33. The van der Waals surface area contributed by atoms with E-state index in [1.54, 1.807) is 0 Å². The van der Waals surface area contributed by atoms with Crippen molar-refractivity contribution in [1.29, 1.82) is 5.41 Å². The van der Waals surface area contributed by atoms with Gasteiger partial charge in [0.25, 0.3) is 6.47 Å². The van der Waals surface area contributed by atoms with Crippen molar-refractivity contribution in [2.45, 2.75) is 0 Å². The molecule has 0 rings (SSSR count). The quantitative estimate of drug-likeness (QED) is 0.154. The summed E-state index contributed by atoms with van der Waals surface area (Å²) in [5.74, 6) is -0.333. The summed E-state index contributed by atoms with van der Waals surface area (Å²) < 4.78 is 0. The highest BCUT2D eigenvalue weighted by Gasteiger charge is 1.52. The molecule has 0 saturated carbocycles. The number of hydrogen-bond acceptors (Lipinski definition) is 3. The van der Waals surface area contributed by atoms with E-state index in [-0.39, 0.29) is 18.6 Å². The van der Waals surface area contributed by atoms with Crippen LogP contribution >= 0.6 is 0 Å². The Hall–Kier alpha value is -1.30. The summed E-state index contributed by atoms with van der Waals surface area (Å²) >= 11 is 0. The molecule has 50 valence electrons. The largest absolute Gasteiger partial charge is 0.483 e. The highest BCUT2D eigenvalue weighted by Crippen LogP contribution is 1.13. The summed E-state index contributed by atoms with van der Waals surface area (Å²) in [7, 11) is 0. The van der Waals surface area contributed by atoms with Gasteiger partial charge in [-0.1, -0.05) is 0 Å². The first-order chi connectivity index (χ1) is 3.15. The van der Waals surface area contributed by atoms with E-state index in [0.29, 0.717) is 0 Å². The van der Waals surface area contributed by atoms with Crippen molar-refractivity contribution in [3.8, 4) is 0 Å². The maximum Gasteiger partial charge on any atom is 0.290 e. The first-order valence-corrected chi connectivity index (χ1v) is 1.32. The molecule has 0 aromatic rings. The van der Waals surface area contributed by atoms with E-state index < -0.39 is 0 Å². The van der Waals surface area contributed by atoms with Gasteiger partial charge in [0.15, 0.2) is 5.96 Å². The van der Waals surface area contributed by atoms with Crippen molar-refractivity contribution < 1.29 is 9.90 Å². The summed E-state index contributed by atoms with van der Waals surface area (Å²) in [6, 6.07) is 0. The third-order valence-electron chi connectivity index (χ3n) is 0. The smallest absolute Gasteiger partial charge is 0.290 e. The Morgan fingerprint density at radius 1 is 1.62 bits per heavy atom. The number of nitrogens with two attached hydrogens (primary N) is 2. The lowest BCUT2D eigenvalue weighted by Gasteiger charge is -1.69. The van der Waals surface area contributed by atoms with Gasteiger partial charge in [-0.25, -0.2) is 0 Å². The van der Waals surface area contributed by atoms with Crippen molar-refractivity contribution in [2.24, 2.45) is 11.5 Å². The normalized spacial score (nSPS) is 4.50. The van der Waals surface area contributed by atoms with Crippen LogP contribution in [-0.2, 0) is 4.79 Å². The fraction of sp³-hybridized carbons (Fsp3) is 0. The molecule has 0 aliphatic heterocycles. The van der Waals surface area contributed by atoms with Gasteiger partial charge in [0.05, 0.1) is 0 Å². The lowest BCUT2D eigenvalue weighted by Crippen LogP contribution is -2.20. The van der Waals surface area contributed by atoms with Crippen LogP contribution < -0.4 is 17.6 Å². The molecule has 0 aromatic heterocycles. The van der Waals surface area contributed by atoms with Crippen LogP contribution in [0, 0.1) is 5.41 Å².